The van der Waals surface area contributed by atoms with Crippen LogP contribution >= 0.6 is 0 Å². The molecule has 2 aliphatic rings. The van der Waals surface area contributed by atoms with E-state index in [2.05, 4.69) is 5.32 Å². The quantitative estimate of drug-likeness (QED) is 0.844. The third-order valence-electron chi connectivity index (χ3n) is 5.41. The summed E-state index contributed by atoms with van der Waals surface area (Å²) in [5.41, 5.74) is 0.812. The Morgan fingerprint density at radius 2 is 2.04 bits per heavy atom. The van der Waals surface area contributed by atoms with Gasteiger partial charge in [0.25, 0.3) is 5.91 Å². The average Bonchev–Trinajstić information content (AvgIpc) is 3.23. The van der Waals surface area contributed by atoms with Gasteiger partial charge in [-0.25, -0.2) is 4.79 Å². The summed E-state index contributed by atoms with van der Waals surface area (Å²) in [6.45, 7) is 1.77. The smallest absolute Gasteiger partial charge is 0.338 e. The van der Waals surface area contributed by atoms with Gasteiger partial charge in [0, 0.05) is 6.04 Å². The number of carbonyl (C=O) groups excluding carboxylic acids is 2. The molecule has 0 saturated heterocycles. The van der Waals surface area contributed by atoms with Gasteiger partial charge in [-0.2, -0.15) is 5.26 Å². The van der Waals surface area contributed by atoms with Gasteiger partial charge in [0.2, 0.25) is 0 Å². The summed E-state index contributed by atoms with van der Waals surface area (Å²) in [5.74, 6) is 1.33. The lowest BCUT2D eigenvalue weighted by molar-refractivity contribution is -0.125. The van der Waals surface area contributed by atoms with Crippen molar-refractivity contribution in [1.29, 1.82) is 5.26 Å². The Labute approximate surface area is 142 Å². The molecule has 3 rings (SSSR count). The molecular weight excluding hydrogens is 304 g/mol. The minimum Gasteiger partial charge on any atom is -0.452 e. The number of benzene rings is 1. The van der Waals surface area contributed by atoms with Crippen molar-refractivity contribution in [3.63, 3.8) is 0 Å². The van der Waals surface area contributed by atoms with Crippen LogP contribution in [0.5, 0.6) is 0 Å². The number of nitrogens with zero attached hydrogens (tertiary/aromatic N) is 1. The van der Waals surface area contributed by atoms with E-state index in [1.807, 2.05) is 13.0 Å². The first-order chi connectivity index (χ1) is 11.6. The summed E-state index contributed by atoms with van der Waals surface area (Å²) < 4.78 is 5.05. The Morgan fingerprint density at radius 3 is 2.62 bits per heavy atom. The van der Waals surface area contributed by atoms with E-state index in [1.165, 1.54) is 37.8 Å². The van der Waals surface area contributed by atoms with Crippen molar-refractivity contribution in [3.8, 4) is 6.07 Å². The second-order valence-corrected chi connectivity index (χ2v) is 6.96. The van der Waals surface area contributed by atoms with E-state index < -0.39 is 5.97 Å². The second-order valence-electron chi connectivity index (χ2n) is 6.96. The summed E-state index contributed by atoms with van der Waals surface area (Å²) in [4.78, 5) is 23.9. The molecule has 0 spiro atoms. The largest absolute Gasteiger partial charge is 0.452 e. The van der Waals surface area contributed by atoms with Crippen LogP contribution in [-0.4, -0.2) is 24.5 Å². The molecular formula is C19H22N2O3. The first kappa shape index (κ1) is 16.5. The highest BCUT2D eigenvalue weighted by Gasteiger charge is 2.42. The number of carbonyl (C=O) groups is 2. The zero-order valence-electron chi connectivity index (χ0n) is 13.8. The maximum atomic E-state index is 12.0. The molecule has 2 saturated carbocycles. The van der Waals surface area contributed by atoms with Gasteiger partial charge in [-0.1, -0.05) is 6.42 Å². The van der Waals surface area contributed by atoms with Crippen LogP contribution in [0.25, 0.3) is 0 Å². The molecule has 5 nitrogen and oxygen atoms in total. The minimum absolute atomic E-state index is 0.126. The predicted molar refractivity (Wildman–Crippen MR) is 88.0 cm³/mol. The number of rotatable bonds is 5. The lowest BCUT2D eigenvalue weighted by atomic mass is 9.84. The van der Waals surface area contributed by atoms with Crippen LogP contribution < -0.4 is 5.32 Å². The molecule has 0 aliphatic heterocycles. The van der Waals surface area contributed by atoms with Crippen molar-refractivity contribution in [2.24, 2.45) is 17.8 Å². The molecule has 24 heavy (non-hydrogen) atoms. The summed E-state index contributed by atoms with van der Waals surface area (Å²) in [5, 5.41) is 11.7. The van der Waals surface area contributed by atoms with Crippen molar-refractivity contribution in [2.75, 3.05) is 6.61 Å². The lowest BCUT2D eigenvalue weighted by Gasteiger charge is -2.28. The standard InChI is InChI=1S/C19H22N2O3/c1-12(17-9-14-4-7-16(17)8-14)21-18(22)11-24-19(23)15-5-2-13(10-20)3-6-15/h2-3,5-6,12,14,16-17H,4,7-9,11H2,1H3,(H,21,22). The first-order valence-electron chi connectivity index (χ1n) is 8.53. The van der Waals surface area contributed by atoms with E-state index in [4.69, 9.17) is 10.00 Å². The molecule has 4 atom stereocenters. The highest BCUT2D eigenvalue weighted by molar-refractivity contribution is 5.91. The van der Waals surface area contributed by atoms with Gasteiger partial charge < -0.3 is 10.1 Å². The zero-order chi connectivity index (χ0) is 17.1. The van der Waals surface area contributed by atoms with Gasteiger partial charge in [-0.3, -0.25) is 4.79 Å². The summed E-state index contributed by atoms with van der Waals surface area (Å²) >= 11 is 0. The van der Waals surface area contributed by atoms with Gasteiger partial charge >= 0.3 is 5.97 Å². The summed E-state index contributed by atoms with van der Waals surface area (Å²) in [6.07, 6.45) is 5.13. The lowest BCUT2D eigenvalue weighted by Crippen LogP contribution is -2.42. The van der Waals surface area contributed by atoms with Crippen molar-refractivity contribution in [2.45, 2.75) is 38.6 Å². The molecule has 126 valence electrons. The predicted octanol–water partition coefficient (Wildman–Crippen LogP) is 2.66. The average molecular weight is 326 g/mol. The Balaban J connectivity index is 1.45. The molecule has 0 aromatic heterocycles. The second kappa shape index (κ2) is 7.04. The number of fused-ring (bicyclic) bond motifs is 2. The maximum Gasteiger partial charge on any atom is 0.338 e. The zero-order valence-corrected chi connectivity index (χ0v) is 13.8. The van der Waals surface area contributed by atoms with E-state index in [-0.39, 0.29) is 18.6 Å². The Bertz CT molecular complexity index is 662. The van der Waals surface area contributed by atoms with Crippen LogP contribution in [0.15, 0.2) is 24.3 Å². The van der Waals surface area contributed by atoms with Crippen molar-refractivity contribution >= 4 is 11.9 Å². The Morgan fingerprint density at radius 1 is 1.29 bits per heavy atom. The van der Waals surface area contributed by atoms with Gasteiger partial charge in [-0.05, 0) is 68.2 Å². The number of nitriles is 1. The number of nitrogens with one attached hydrogen (secondary N) is 1. The van der Waals surface area contributed by atoms with Gasteiger partial charge in [0.15, 0.2) is 6.61 Å². The molecule has 2 aliphatic carbocycles. The molecule has 0 heterocycles. The number of hydrogen-bond donors (Lipinski definition) is 1. The van der Waals surface area contributed by atoms with E-state index in [0.29, 0.717) is 17.0 Å². The SMILES string of the molecule is CC(NC(=O)COC(=O)c1ccc(C#N)cc1)C1CC2CCC1C2. The van der Waals surface area contributed by atoms with Gasteiger partial charge in [-0.15, -0.1) is 0 Å². The molecule has 2 bridgehead atoms. The fourth-order valence-corrected chi connectivity index (χ4v) is 4.20. The Hall–Kier alpha value is -2.35. The van der Waals surface area contributed by atoms with Crippen molar-refractivity contribution in [3.05, 3.63) is 35.4 Å². The van der Waals surface area contributed by atoms with Crippen LogP contribution in [0.2, 0.25) is 0 Å². The van der Waals surface area contributed by atoms with E-state index in [1.54, 1.807) is 12.1 Å². The third-order valence-corrected chi connectivity index (χ3v) is 5.41. The number of hydrogen-bond acceptors (Lipinski definition) is 4. The Kier molecular flexibility index (Phi) is 4.84. The third kappa shape index (κ3) is 3.59. The van der Waals surface area contributed by atoms with Crippen LogP contribution in [0.1, 0.15) is 48.5 Å². The van der Waals surface area contributed by atoms with Crippen molar-refractivity contribution < 1.29 is 14.3 Å². The van der Waals surface area contributed by atoms with Crippen molar-refractivity contribution in [1.82, 2.24) is 5.32 Å². The minimum atomic E-state index is -0.554. The molecule has 4 unspecified atom stereocenters. The molecule has 1 aromatic rings. The molecule has 1 amide bonds. The van der Waals surface area contributed by atoms with Crippen LogP contribution in [0, 0.1) is 29.1 Å². The highest BCUT2D eigenvalue weighted by Crippen LogP contribution is 2.49. The number of amides is 1. The molecule has 1 aromatic carbocycles. The summed E-state index contributed by atoms with van der Waals surface area (Å²) in [6, 6.07) is 8.26. The van der Waals surface area contributed by atoms with Crippen LogP contribution in [0.4, 0.5) is 0 Å². The summed E-state index contributed by atoms with van der Waals surface area (Å²) in [7, 11) is 0. The monoisotopic (exact) mass is 326 g/mol. The van der Waals surface area contributed by atoms with Crippen LogP contribution in [0.3, 0.4) is 0 Å². The first-order valence-corrected chi connectivity index (χ1v) is 8.53. The molecule has 1 N–H and O–H groups in total. The highest BCUT2D eigenvalue weighted by atomic mass is 16.5. The fraction of sp³-hybridized carbons (Fsp3) is 0.526. The van der Waals surface area contributed by atoms with Crippen LogP contribution in [-0.2, 0) is 9.53 Å². The maximum absolute atomic E-state index is 12.0. The topological polar surface area (TPSA) is 79.2 Å². The number of ether oxygens (including phenoxy) is 1. The number of esters is 1. The molecule has 2 fully saturated rings. The van der Waals surface area contributed by atoms with E-state index >= 15 is 0 Å². The normalized spacial score (nSPS) is 25.8. The fourth-order valence-electron chi connectivity index (χ4n) is 4.20. The van der Waals surface area contributed by atoms with E-state index in [9.17, 15) is 9.59 Å². The molecule has 5 heteroatoms. The van der Waals surface area contributed by atoms with E-state index in [0.717, 1.165) is 11.8 Å². The van der Waals surface area contributed by atoms with Gasteiger partial charge in [0.05, 0.1) is 17.2 Å². The van der Waals surface area contributed by atoms with Gasteiger partial charge in [0.1, 0.15) is 0 Å². The molecule has 0 radical (unpaired) electrons.